The molecule has 0 saturated carbocycles. The van der Waals surface area contributed by atoms with E-state index >= 15 is 0 Å². The number of anilines is 1. The highest BCUT2D eigenvalue weighted by Gasteiger charge is 2.10. The molecule has 0 atom stereocenters. The molecule has 1 amide bonds. The van der Waals surface area contributed by atoms with Crippen LogP contribution in [0.2, 0.25) is 0 Å². The number of phenolic OH excluding ortho intramolecular Hbond substituents is 1. The second-order valence-corrected chi connectivity index (χ2v) is 4.83. The molecule has 0 radical (unpaired) electrons. The number of hydrogen-bond acceptors (Lipinski definition) is 3. The van der Waals surface area contributed by atoms with Gasteiger partial charge in [-0.15, -0.1) is 0 Å². The molecule has 0 saturated heterocycles. The van der Waals surface area contributed by atoms with Gasteiger partial charge in [-0.1, -0.05) is 24.3 Å². The number of nitrogen functional groups attached to an aromatic ring is 1. The lowest BCUT2D eigenvalue weighted by molar-refractivity contribution is -0.129. The SMILES string of the molecule is CN(Cc1ccc(O)cc1)C(=O)Cc1ccc(N)cc1. The average molecular weight is 270 g/mol. The fourth-order valence-electron chi connectivity index (χ4n) is 1.91. The number of phenols is 1. The molecule has 104 valence electrons. The molecule has 2 aromatic carbocycles. The van der Waals surface area contributed by atoms with Crippen molar-refractivity contribution in [1.82, 2.24) is 4.90 Å². The van der Waals surface area contributed by atoms with Crippen molar-refractivity contribution in [3.05, 3.63) is 59.7 Å². The maximum absolute atomic E-state index is 12.1. The Morgan fingerprint density at radius 2 is 1.60 bits per heavy atom. The van der Waals surface area contributed by atoms with Crippen molar-refractivity contribution in [1.29, 1.82) is 0 Å². The van der Waals surface area contributed by atoms with Crippen molar-refractivity contribution in [2.75, 3.05) is 12.8 Å². The van der Waals surface area contributed by atoms with Crippen molar-refractivity contribution in [3.63, 3.8) is 0 Å². The lowest BCUT2D eigenvalue weighted by atomic mass is 10.1. The standard InChI is InChI=1S/C16H18N2O2/c1-18(11-13-4-8-15(19)9-5-13)16(20)10-12-2-6-14(17)7-3-12/h2-9,19H,10-11,17H2,1H3. The van der Waals surface area contributed by atoms with Crippen molar-refractivity contribution in [2.24, 2.45) is 0 Å². The average Bonchev–Trinajstić information content (AvgIpc) is 2.44. The Hall–Kier alpha value is -2.49. The third-order valence-electron chi connectivity index (χ3n) is 3.12. The fourth-order valence-corrected chi connectivity index (χ4v) is 1.91. The summed E-state index contributed by atoms with van der Waals surface area (Å²) < 4.78 is 0. The van der Waals surface area contributed by atoms with Crippen LogP contribution in [-0.2, 0) is 17.8 Å². The molecule has 0 unspecified atom stereocenters. The molecular formula is C16H18N2O2. The number of nitrogens with zero attached hydrogens (tertiary/aromatic N) is 1. The van der Waals surface area contributed by atoms with E-state index in [9.17, 15) is 9.90 Å². The zero-order valence-electron chi connectivity index (χ0n) is 11.4. The molecule has 4 heteroatoms. The van der Waals surface area contributed by atoms with Crippen molar-refractivity contribution >= 4 is 11.6 Å². The summed E-state index contributed by atoms with van der Waals surface area (Å²) in [6.07, 6.45) is 0.356. The summed E-state index contributed by atoms with van der Waals surface area (Å²) in [5, 5.41) is 9.23. The van der Waals surface area contributed by atoms with Gasteiger partial charge in [-0.2, -0.15) is 0 Å². The van der Waals surface area contributed by atoms with Crippen LogP contribution in [0, 0.1) is 0 Å². The van der Waals surface area contributed by atoms with E-state index in [0.29, 0.717) is 18.7 Å². The van der Waals surface area contributed by atoms with Crippen LogP contribution in [0.1, 0.15) is 11.1 Å². The van der Waals surface area contributed by atoms with Gasteiger partial charge >= 0.3 is 0 Å². The number of rotatable bonds is 4. The number of aromatic hydroxyl groups is 1. The highest BCUT2D eigenvalue weighted by molar-refractivity contribution is 5.78. The highest BCUT2D eigenvalue weighted by atomic mass is 16.3. The van der Waals surface area contributed by atoms with Crippen LogP contribution in [0.15, 0.2) is 48.5 Å². The zero-order chi connectivity index (χ0) is 14.5. The van der Waals surface area contributed by atoms with Gasteiger partial charge in [0, 0.05) is 19.3 Å². The molecule has 0 aliphatic heterocycles. The van der Waals surface area contributed by atoms with Crippen LogP contribution < -0.4 is 5.73 Å². The van der Waals surface area contributed by atoms with Crippen molar-refractivity contribution in [3.8, 4) is 5.75 Å². The maximum Gasteiger partial charge on any atom is 0.227 e. The van der Waals surface area contributed by atoms with E-state index in [2.05, 4.69) is 0 Å². The minimum Gasteiger partial charge on any atom is -0.508 e. The Kier molecular flexibility index (Phi) is 4.25. The van der Waals surface area contributed by atoms with Crippen LogP contribution >= 0.6 is 0 Å². The van der Waals surface area contributed by atoms with E-state index in [1.807, 2.05) is 24.3 Å². The van der Waals surface area contributed by atoms with E-state index < -0.39 is 0 Å². The third-order valence-corrected chi connectivity index (χ3v) is 3.12. The van der Waals surface area contributed by atoms with Gasteiger partial charge in [-0.05, 0) is 35.4 Å². The second-order valence-electron chi connectivity index (χ2n) is 4.83. The monoisotopic (exact) mass is 270 g/mol. The van der Waals surface area contributed by atoms with E-state index in [4.69, 9.17) is 5.73 Å². The summed E-state index contributed by atoms with van der Waals surface area (Å²) in [5.74, 6) is 0.271. The van der Waals surface area contributed by atoms with Crippen LogP contribution in [0.25, 0.3) is 0 Å². The molecule has 0 fully saturated rings. The summed E-state index contributed by atoms with van der Waals surface area (Å²) in [7, 11) is 1.77. The van der Waals surface area contributed by atoms with Gasteiger partial charge < -0.3 is 15.7 Å². The first-order chi connectivity index (χ1) is 9.54. The van der Waals surface area contributed by atoms with Crippen molar-refractivity contribution in [2.45, 2.75) is 13.0 Å². The normalized spacial score (nSPS) is 10.2. The lowest BCUT2D eigenvalue weighted by Crippen LogP contribution is -2.27. The predicted molar refractivity (Wildman–Crippen MR) is 79.1 cm³/mol. The molecule has 0 aromatic heterocycles. The number of carbonyl (C=O) groups is 1. The molecular weight excluding hydrogens is 252 g/mol. The first-order valence-electron chi connectivity index (χ1n) is 6.41. The van der Waals surface area contributed by atoms with Gasteiger partial charge in [0.1, 0.15) is 5.75 Å². The van der Waals surface area contributed by atoms with Crippen LogP contribution in [0.3, 0.4) is 0 Å². The molecule has 0 bridgehead atoms. The Balaban J connectivity index is 1.94. The smallest absolute Gasteiger partial charge is 0.227 e. The molecule has 2 rings (SSSR count). The number of hydrogen-bond donors (Lipinski definition) is 2. The number of nitrogens with two attached hydrogens (primary N) is 1. The second kappa shape index (κ2) is 6.10. The topological polar surface area (TPSA) is 66.6 Å². The minimum atomic E-state index is 0.0443. The summed E-state index contributed by atoms with van der Waals surface area (Å²) >= 11 is 0. The van der Waals surface area contributed by atoms with Gasteiger partial charge in [0.15, 0.2) is 0 Å². The molecule has 2 aromatic rings. The van der Waals surface area contributed by atoms with Gasteiger partial charge in [-0.25, -0.2) is 0 Å². The van der Waals surface area contributed by atoms with Gasteiger partial charge in [-0.3, -0.25) is 4.79 Å². The summed E-state index contributed by atoms with van der Waals surface area (Å²) in [4.78, 5) is 13.8. The van der Waals surface area contributed by atoms with Gasteiger partial charge in [0.05, 0.1) is 6.42 Å². The number of carbonyl (C=O) groups excluding carboxylic acids is 1. The lowest BCUT2D eigenvalue weighted by Gasteiger charge is -2.17. The zero-order valence-corrected chi connectivity index (χ0v) is 11.4. The largest absolute Gasteiger partial charge is 0.508 e. The van der Waals surface area contributed by atoms with Crippen LogP contribution in [-0.4, -0.2) is 23.0 Å². The van der Waals surface area contributed by atoms with Gasteiger partial charge in [0.25, 0.3) is 0 Å². The predicted octanol–water partition coefficient (Wildman–Crippen LogP) is 2.18. The first kappa shape index (κ1) is 13.9. The Morgan fingerprint density at radius 1 is 1.05 bits per heavy atom. The fraction of sp³-hybridized carbons (Fsp3) is 0.188. The Morgan fingerprint density at radius 3 is 2.20 bits per heavy atom. The van der Waals surface area contributed by atoms with E-state index in [0.717, 1.165) is 11.1 Å². The molecule has 20 heavy (non-hydrogen) atoms. The third kappa shape index (κ3) is 3.75. The Labute approximate surface area is 118 Å². The Bertz CT molecular complexity index is 576. The molecule has 3 N–H and O–H groups in total. The number of benzene rings is 2. The first-order valence-corrected chi connectivity index (χ1v) is 6.41. The molecule has 0 heterocycles. The number of likely N-dealkylation sites (N-methyl/N-ethyl adjacent to an activating group) is 1. The van der Waals surface area contributed by atoms with Crippen molar-refractivity contribution < 1.29 is 9.90 Å². The maximum atomic E-state index is 12.1. The van der Waals surface area contributed by atoms with E-state index in [1.165, 1.54) is 0 Å². The summed E-state index contributed by atoms with van der Waals surface area (Å²) in [5.41, 5.74) is 8.24. The quantitative estimate of drug-likeness (QED) is 0.837. The highest BCUT2D eigenvalue weighted by Crippen LogP contribution is 2.12. The molecule has 0 aliphatic rings. The summed E-state index contributed by atoms with van der Waals surface area (Å²) in [6.45, 7) is 0.522. The summed E-state index contributed by atoms with van der Waals surface area (Å²) in [6, 6.07) is 14.2. The molecule has 4 nitrogen and oxygen atoms in total. The number of amides is 1. The van der Waals surface area contributed by atoms with Crippen LogP contribution in [0.4, 0.5) is 5.69 Å². The van der Waals surface area contributed by atoms with E-state index in [1.54, 1.807) is 36.2 Å². The molecule has 0 aliphatic carbocycles. The minimum absolute atomic E-state index is 0.0443. The van der Waals surface area contributed by atoms with Crippen LogP contribution in [0.5, 0.6) is 5.75 Å². The molecule has 0 spiro atoms. The van der Waals surface area contributed by atoms with E-state index in [-0.39, 0.29) is 11.7 Å². The van der Waals surface area contributed by atoms with Gasteiger partial charge in [0.2, 0.25) is 5.91 Å².